The Bertz CT molecular complexity index is 277. The predicted molar refractivity (Wildman–Crippen MR) is 48.7 cm³/mol. The van der Waals surface area contributed by atoms with Crippen LogP contribution >= 0.6 is 0 Å². The van der Waals surface area contributed by atoms with Crippen LogP contribution < -0.4 is 5.73 Å². The topological polar surface area (TPSA) is 43.1 Å². The van der Waals surface area contributed by atoms with Crippen LogP contribution in [-0.4, -0.2) is 5.78 Å². The highest BCUT2D eigenvalue weighted by Crippen LogP contribution is 2.17. The molecule has 64 valence electrons. The van der Waals surface area contributed by atoms with Gasteiger partial charge in [0, 0.05) is 0 Å². The minimum absolute atomic E-state index is 0.0197. The molecule has 2 N–H and O–H groups in total. The van der Waals surface area contributed by atoms with Crippen LogP contribution in [0.1, 0.15) is 19.4 Å². The summed E-state index contributed by atoms with van der Waals surface area (Å²) in [4.78, 5) is 11.1. The second-order valence-corrected chi connectivity index (χ2v) is 3.12. The molecule has 1 aromatic carbocycles. The van der Waals surface area contributed by atoms with Gasteiger partial charge in [-0.2, -0.15) is 0 Å². The first-order chi connectivity index (χ1) is 5.55. The molecule has 12 heavy (non-hydrogen) atoms. The Balaban J connectivity index is 3.06. The third-order valence-electron chi connectivity index (χ3n) is 2.10. The van der Waals surface area contributed by atoms with Gasteiger partial charge in [0.25, 0.3) is 0 Å². The van der Waals surface area contributed by atoms with Crippen molar-refractivity contribution in [3.63, 3.8) is 0 Å². The Labute approximate surface area is 72.4 Å². The Morgan fingerprint density at radius 1 is 1.33 bits per heavy atom. The van der Waals surface area contributed by atoms with Gasteiger partial charge in [-0.1, -0.05) is 30.3 Å². The SMILES string of the molecule is CC(=O)[C@@](C)(N)c1ccccc1. The largest absolute Gasteiger partial charge is 0.316 e. The zero-order valence-corrected chi connectivity index (χ0v) is 7.37. The summed E-state index contributed by atoms with van der Waals surface area (Å²) >= 11 is 0. The maximum absolute atomic E-state index is 11.1. The number of hydrogen-bond donors (Lipinski definition) is 1. The summed E-state index contributed by atoms with van der Waals surface area (Å²) in [6, 6.07) is 9.38. The number of ketones is 1. The molecule has 0 aliphatic rings. The van der Waals surface area contributed by atoms with Crippen molar-refractivity contribution >= 4 is 5.78 Å². The van der Waals surface area contributed by atoms with Gasteiger partial charge >= 0.3 is 0 Å². The zero-order valence-electron chi connectivity index (χ0n) is 7.37. The van der Waals surface area contributed by atoms with Crippen molar-refractivity contribution in [1.82, 2.24) is 0 Å². The van der Waals surface area contributed by atoms with Crippen LogP contribution in [0.2, 0.25) is 0 Å². The molecule has 2 nitrogen and oxygen atoms in total. The number of rotatable bonds is 2. The maximum atomic E-state index is 11.1. The summed E-state index contributed by atoms with van der Waals surface area (Å²) in [5.41, 5.74) is 5.84. The summed E-state index contributed by atoms with van der Waals surface area (Å²) in [5, 5.41) is 0. The molecule has 0 aromatic heterocycles. The lowest BCUT2D eigenvalue weighted by Gasteiger charge is -2.21. The summed E-state index contributed by atoms with van der Waals surface area (Å²) in [7, 11) is 0. The first kappa shape index (κ1) is 8.94. The molecule has 1 aromatic rings. The number of carbonyl (C=O) groups excluding carboxylic acids is 1. The van der Waals surface area contributed by atoms with E-state index in [4.69, 9.17) is 5.73 Å². The Morgan fingerprint density at radius 2 is 1.83 bits per heavy atom. The normalized spacial score (nSPS) is 15.2. The smallest absolute Gasteiger partial charge is 0.153 e. The van der Waals surface area contributed by atoms with E-state index < -0.39 is 5.54 Å². The fourth-order valence-electron chi connectivity index (χ4n) is 0.988. The van der Waals surface area contributed by atoms with Crippen molar-refractivity contribution in [3.05, 3.63) is 35.9 Å². The number of Topliss-reactive ketones (excluding diaryl/α,β-unsaturated/α-hetero) is 1. The summed E-state index contributed by atoms with van der Waals surface area (Å²) < 4.78 is 0. The van der Waals surface area contributed by atoms with E-state index in [1.165, 1.54) is 6.92 Å². The minimum atomic E-state index is -0.846. The lowest BCUT2D eigenvalue weighted by molar-refractivity contribution is -0.121. The lowest BCUT2D eigenvalue weighted by Crippen LogP contribution is -2.40. The summed E-state index contributed by atoms with van der Waals surface area (Å²) in [5.74, 6) is -0.0197. The van der Waals surface area contributed by atoms with Crippen molar-refractivity contribution in [1.29, 1.82) is 0 Å². The van der Waals surface area contributed by atoms with Gasteiger partial charge in [0.2, 0.25) is 0 Å². The van der Waals surface area contributed by atoms with Crippen molar-refractivity contribution in [3.8, 4) is 0 Å². The molecule has 0 aliphatic carbocycles. The Morgan fingerprint density at radius 3 is 2.25 bits per heavy atom. The van der Waals surface area contributed by atoms with Gasteiger partial charge in [-0.25, -0.2) is 0 Å². The first-order valence-electron chi connectivity index (χ1n) is 3.90. The van der Waals surface area contributed by atoms with Gasteiger partial charge in [0.1, 0.15) is 0 Å². The average Bonchev–Trinajstić information content (AvgIpc) is 2.06. The summed E-state index contributed by atoms with van der Waals surface area (Å²) in [6.45, 7) is 3.23. The van der Waals surface area contributed by atoms with E-state index in [9.17, 15) is 4.79 Å². The predicted octanol–water partition coefficient (Wildman–Crippen LogP) is 1.45. The molecule has 0 bridgehead atoms. The average molecular weight is 163 g/mol. The molecule has 0 aliphatic heterocycles. The Hall–Kier alpha value is -1.15. The van der Waals surface area contributed by atoms with E-state index in [0.717, 1.165) is 5.56 Å². The van der Waals surface area contributed by atoms with Gasteiger partial charge in [0.15, 0.2) is 5.78 Å². The highest BCUT2D eigenvalue weighted by Gasteiger charge is 2.25. The standard InChI is InChI=1S/C10H13NO/c1-8(12)10(2,11)9-6-4-3-5-7-9/h3-7H,11H2,1-2H3/t10-/m1/s1. The van der Waals surface area contributed by atoms with Crippen LogP contribution in [0.15, 0.2) is 30.3 Å². The van der Waals surface area contributed by atoms with Crippen molar-refractivity contribution < 1.29 is 4.79 Å². The molecule has 2 heteroatoms. The highest BCUT2D eigenvalue weighted by molar-refractivity contribution is 5.86. The van der Waals surface area contributed by atoms with Crippen LogP contribution in [0.3, 0.4) is 0 Å². The van der Waals surface area contributed by atoms with Crippen LogP contribution in [0.25, 0.3) is 0 Å². The third-order valence-corrected chi connectivity index (χ3v) is 2.10. The summed E-state index contributed by atoms with van der Waals surface area (Å²) in [6.07, 6.45) is 0. The third kappa shape index (κ3) is 1.53. The first-order valence-corrected chi connectivity index (χ1v) is 3.90. The number of hydrogen-bond acceptors (Lipinski definition) is 2. The molecular formula is C10H13NO. The van der Waals surface area contributed by atoms with E-state index >= 15 is 0 Å². The molecule has 1 rings (SSSR count). The maximum Gasteiger partial charge on any atom is 0.153 e. The number of benzene rings is 1. The van der Waals surface area contributed by atoms with Crippen LogP contribution in [-0.2, 0) is 10.3 Å². The van der Waals surface area contributed by atoms with Crippen LogP contribution in [0, 0.1) is 0 Å². The monoisotopic (exact) mass is 163 g/mol. The molecule has 0 saturated heterocycles. The molecule has 0 saturated carbocycles. The van der Waals surface area contributed by atoms with Gasteiger partial charge in [-0.15, -0.1) is 0 Å². The molecule has 1 atom stereocenters. The van der Waals surface area contributed by atoms with Crippen LogP contribution in [0.4, 0.5) is 0 Å². The van der Waals surface area contributed by atoms with Crippen molar-refractivity contribution in [2.24, 2.45) is 5.73 Å². The zero-order chi connectivity index (χ0) is 9.19. The molecule has 0 unspecified atom stereocenters. The fourth-order valence-corrected chi connectivity index (χ4v) is 0.988. The van der Waals surface area contributed by atoms with Gasteiger partial charge in [-0.05, 0) is 19.4 Å². The molecular weight excluding hydrogens is 150 g/mol. The Kier molecular flexibility index (Phi) is 2.29. The fraction of sp³-hybridized carbons (Fsp3) is 0.300. The number of nitrogens with two attached hydrogens (primary N) is 1. The van der Waals surface area contributed by atoms with Crippen molar-refractivity contribution in [2.45, 2.75) is 19.4 Å². The quantitative estimate of drug-likeness (QED) is 0.717. The molecule has 0 radical (unpaired) electrons. The van der Waals surface area contributed by atoms with E-state index in [0.29, 0.717) is 0 Å². The van der Waals surface area contributed by atoms with E-state index in [1.807, 2.05) is 30.3 Å². The molecule has 0 amide bonds. The van der Waals surface area contributed by atoms with Gasteiger partial charge in [-0.3, -0.25) is 4.79 Å². The molecule has 0 spiro atoms. The van der Waals surface area contributed by atoms with Gasteiger partial charge < -0.3 is 5.73 Å². The van der Waals surface area contributed by atoms with E-state index in [-0.39, 0.29) is 5.78 Å². The van der Waals surface area contributed by atoms with Crippen LogP contribution in [0.5, 0.6) is 0 Å². The van der Waals surface area contributed by atoms with E-state index in [1.54, 1.807) is 6.92 Å². The number of carbonyl (C=O) groups is 1. The molecule has 0 heterocycles. The highest BCUT2D eigenvalue weighted by atomic mass is 16.1. The lowest BCUT2D eigenvalue weighted by atomic mass is 9.90. The molecule has 0 fully saturated rings. The van der Waals surface area contributed by atoms with E-state index in [2.05, 4.69) is 0 Å². The van der Waals surface area contributed by atoms with Gasteiger partial charge in [0.05, 0.1) is 5.54 Å². The second-order valence-electron chi connectivity index (χ2n) is 3.12. The van der Waals surface area contributed by atoms with Crippen molar-refractivity contribution in [2.75, 3.05) is 0 Å². The second kappa shape index (κ2) is 3.07. The minimum Gasteiger partial charge on any atom is -0.316 e.